The maximum atomic E-state index is 11.9. The van der Waals surface area contributed by atoms with Gasteiger partial charge in [0.1, 0.15) is 12.7 Å². The Kier molecular flexibility index (Phi) is 30.8. The van der Waals surface area contributed by atoms with Crippen LogP contribution in [0.2, 0.25) is 0 Å². The van der Waals surface area contributed by atoms with Crippen molar-refractivity contribution in [1.29, 1.82) is 0 Å². The predicted molar refractivity (Wildman–Crippen MR) is 178 cm³/mol. The summed E-state index contributed by atoms with van der Waals surface area (Å²) in [5.41, 5.74) is 0. The number of hydrogen-bond acceptors (Lipinski definition) is 7. The monoisotopic (exact) mass is 647 g/mol. The Morgan fingerprint density at radius 3 is 1.68 bits per heavy atom. The van der Waals surface area contributed by atoms with Crippen molar-refractivity contribution in [2.75, 3.05) is 26.4 Å². The molecule has 44 heavy (non-hydrogen) atoms. The van der Waals surface area contributed by atoms with Gasteiger partial charge in [-0.15, -0.1) is 0 Å². The molecule has 10 heteroatoms. The lowest BCUT2D eigenvalue weighted by atomic mass is 10.0. The van der Waals surface area contributed by atoms with Gasteiger partial charge in [0, 0.05) is 19.4 Å². The summed E-state index contributed by atoms with van der Waals surface area (Å²) in [5.74, 6) is -0.604. The minimum atomic E-state index is -4.38. The molecule has 3 N–H and O–H groups in total. The molecule has 0 aliphatic rings. The molecule has 0 radical (unpaired) electrons. The van der Waals surface area contributed by atoms with Gasteiger partial charge >= 0.3 is 13.8 Å². The van der Waals surface area contributed by atoms with E-state index in [9.17, 15) is 24.2 Å². The van der Waals surface area contributed by atoms with E-state index in [0.29, 0.717) is 6.42 Å². The van der Waals surface area contributed by atoms with Crippen molar-refractivity contribution in [2.45, 2.75) is 168 Å². The maximum absolute atomic E-state index is 11.9. The van der Waals surface area contributed by atoms with Crippen LogP contribution >= 0.6 is 7.82 Å². The molecule has 0 aromatic rings. The van der Waals surface area contributed by atoms with Crippen molar-refractivity contribution in [1.82, 2.24) is 5.32 Å². The second-order valence-electron chi connectivity index (χ2n) is 11.8. The molecule has 1 amide bonds. The lowest BCUT2D eigenvalue weighted by Crippen LogP contribution is -2.27. The highest BCUT2D eigenvalue weighted by atomic mass is 31.2. The number of carbonyl (C=O) groups is 2. The average molecular weight is 648 g/mol. The van der Waals surface area contributed by atoms with Gasteiger partial charge in [-0.2, -0.15) is 0 Å². The number of aliphatic hydroxyl groups is 1. The van der Waals surface area contributed by atoms with Crippen LogP contribution in [0.5, 0.6) is 0 Å². The quantitative estimate of drug-likeness (QED) is 0.0279. The highest BCUT2D eigenvalue weighted by Gasteiger charge is 2.23. The van der Waals surface area contributed by atoms with Crippen LogP contribution in [-0.2, 0) is 27.9 Å². The van der Waals surface area contributed by atoms with Crippen LogP contribution in [0.15, 0.2) is 12.2 Å². The number of aliphatic hydroxyl groups excluding tert-OH is 1. The van der Waals surface area contributed by atoms with Crippen molar-refractivity contribution < 1.29 is 37.9 Å². The second kappa shape index (κ2) is 31.7. The largest absolute Gasteiger partial charge is 0.472 e. The number of amides is 1. The van der Waals surface area contributed by atoms with E-state index in [2.05, 4.69) is 28.9 Å². The lowest BCUT2D eigenvalue weighted by Gasteiger charge is -2.15. The van der Waals surface area contributed by atoms with E-state index < -0.39 is 26.5 Å². The third-order valence-corrected chi connectivity index (χ3v) is 8.48. The molecule has 0 aromatic heterocycles. The Morgan fingerprint density at radius 2 is 1.18 bits per heavy atom. The summed E-state index contributed by atoms with van der Waals surface area (Å²) < 4.78 is 26.0. The zero-order chi connectivity index (χ0) is 32.6. The topological polar surface area (TPSA) is 131 Å². The van der Waals surface area contributed by atoms with Gasteiger partial charge in [-0.05, 0) is 32.1 Å². The molecule has 2 unspecified atom stereocenters. The molecule has 0 aliphatic heterocycles. The first-order valence-electron chi connectivity index (χ1n) is 17.7. The van der Waals surface area contributed by atoms with E-state index in [0.717, 1.165) is 19.3 Å². The van der Waals surface area contributed by atoms with E-state index in [1.807, 2.05) is 0 Å². The van der Waals surface area contributed by atoms with Crippen LogP contribution in [0.3, 0.4) is 0 Å². The van der Waals surface area contributed by atoms with Gasteiger partial charge in [0.15, 0.2) is 0 Å². The number of esters is 1. The zero-order valence-corrected chi connectivity index (χ0v) is 29.0. The lowest BCUT2D eigenvalue weighted by molar-refractivity contribution is -0.146. The van der Waals surface area contributed by atoms with Gasteiger partial charge in [-0.25, -0.2) is 4.57 Å². The van der Waals surface area contributed by atoms with Crippen LogP contribution in [0.1, 0.15) is 162 Å². The average Bonchev–Trinajstić information content (AvgIpc) is 3.01. The third kappa shape index (κ3) is 32.2. The molecule has 0 heterocycles. The van der Waals surface area contributed by atoms with E-state index in [1.54, 1.807) is 6.92 Å². The fourth-order valence-electron chi connectivity index (χ4n) is 4.77. The summed E-state index contributed by atoms with van der Waals surface area (Å²) in [6.45, 7) is 2.92. The number of nitrogens with one attached hydrogen (secondary N) is 1. The van der Waals surface area contributed by atoms with E-state index in [4.69, 9.17) is 9.26 Å². The normalized spacial score (nSPS) is 13.6. The zero-order valence-electron chi connectivity index (χ0n) is 28.1. The molecule has 0 aliphatic carbocycles. The van der Waals surface area contributed by atoms with Crippen LogP contribution in [-0.4, -0.2) is 54.3 Å². The highest BCUT2D eigenvalue weighted by molar-refractivity contribution is 7.47. The molecule has 0 bridgehead atoms. The van der Waals surface area contributed by atoms with Gasteiger partial charge in [0.25, 0.3) is 0 Å². The van der Waals surface area contributed by atoms with Crippen molar-refractivity contribution in [3.8, 4) is 0 Å². The van der Waals surface area contributed by atoms with Gasteiger partial charge in [0.05, 0.1) is 13.2 Å². The van der Waals surface area contributed by atoms with Gasteiger partial charge in [0.2, 0.25) is 5.91 Å². The van der Waals surface area contributed by atoms with E-state index >= 15 is 0 Å². The van der Waals surface area contributed by atoms with Crippen LogP contribution in [0.25, 0.3) is 0 Å². The molecular weight excluding hydrogens is 581 g/mol. The molecule has 0 saturated heterocycles. The Morgan fingerprint density at radius 1 is 0.705 bits per heavy atom. The van der Waals surface area contributed by atoms with Crippen molar-refractivity contribution in [3.05, 3.63) is 12.2 Å². The fraction of sp³-hybridized carbons (Fsp3) is 0.882. The van der Waals surface area contributed by atoms with Crippen molar-refractivity contribution in [3.63, 3.8) is 0 Å². The second-order valence-corrected chi connectivity index (χ2v) is 13.3. The van der Waals surface area contributed by atoms with Gasteiger partial charge in [-0.3, -0.25) is 18.6 Å². The molecule has 9 nitrogen and oxygen atoms in total. The molecule has 0 rings (SSSR count). The minimum Gasteiger partial charge on any atom is -0.463 e. The van der Waals surface area contributed by atoms with Crippen LogP contribution in [0.4, 0.5) is 0 Å². The number of phosphoric ester groups is 1. The van der Waals surface area contributed by atoms with Gasteiger partial charge in [-0.1, -0.05) is 129 Å². The molecule has 0 fully saturated rings. The summed E-state index contributed by atoms with van der Waals surface area (Å²) in [7, 11) is -4.38. The Balaban J connectivity index is 3.41. The van der Waals surface area contributed by atoms with Crippen LogP contribution in [0, 0.1) is 0 Å². The Hall–Kier alpha value is -1.25. The molecular formula is C34H66NO8P. The SMILES string of the molecule is CCCCCCCC/C=C/CCCCCCCCCCCCCCCC(=O)NCCOP(=O)(O)OCC(O)COC(=O)CC. The molecule has 260 valence electrons. The first-order chi connectivity index (χ1) is 21.3. The highest BCUT2D eigenvalue weighted by Crippen LogP contribution is 2.42. The number of rotatable bonds is 33. The predicted octanol–water partition coefficient (Wildman–Crippen LogP) is 8.71. The third-order valence-electron chi connectivity index (χ3n) is 7.50. The number of carbonyl (C=O) groups excluding carboxylic acids is 2. The standard InChI is InChI=1S/C34H66NO8P/c1-3-5-6-7-8-9-10-11-12-13-14-15-16-17-18-19-20-21-22-23-24-25-26-27-33(37)35-28-29-42-44(39,40)43-31-32(36)30-41-34(38)4-2/h11-12,32,36H,3-10,13-31H2,1-2H3,(H,35,37)(H,39,40)/b12-11+. The molecule has 2 atom stereocenters. The number of ether oxygens (including phenoxy) is 1. The number of phosphoric acid groups is 1. The summed E-state index contributed by atoms with van der Waals surface area (Å²) in [6.07, 6.45) is 31.1. The number of unbranched alkanes of at least 4 members (excludes halogenated alkanes) is 19. The van der Waals surface area contributed by atoms with Crippen molar-refractivity contribution in [2.24, 2.45) is 0 Å². The molecule has 0 spiro atoms. The smallest absolute Gasteiger partial charge is 0.463 e. The molecule has 0 saturated carbocycles. The first-order valence-corrected chi connectivity index (χ1v) is 19.2. The Bertz CT molecular complexity index is 749. The summed E-state index contributed by atoms with van der Waals surface area (Å²) in [5, 5.41) is 12.3. The first kappa shape index (κ1) is 42.8. The summed E-state index contributed by atoms with van der Waals surface area (Å²) >= 11 is 0. The Labute approximate surface area is 268 Å². The molecule has 0 aromatic carbocycles. The maximum Gasteiger partial charge on any atom is 0.472 e. The summed E-state index contributed by atoms with van der Waals surface area (Å²) in [4.78, 5) is 32.6. The summed E-state index contributed by atoms with van der Waals surface area (Å²) in [6, 6.07) is 0. The van der Waals surface area contributed by atoms with E-state index in [-0.39, 0.29) is 32.1 Å². The fourth-order valence-corrected chi connectivity index (χ4v) is 5.52. The number of hydrogen-bond donors (Lipinski definition) is 3. The van der Waals surface area contributed by atoms with Gasteiger partial charge < -0.3 is 20.1 Å². The van der Waals surface area contributed by atoms with E-state index in [1.165, 1.54) is 116 Å². The minimum absolute atomic E-state index is 0.0834. The number of allylic oxidation sites excluding steroid dienone is 2. The van der Waals surface area contributed by atoms with Crippen LogP contribution < -0.4 is 5.32 Å². The van der Waals surface area contributed by atoms with Crippen molar-refractivity contribution >= 4 is 19.7 Å².